The molecule has 1 N–H and O–H groups in total. The highest BCUT2D eigenvalue weighted by molar-refractivity contribution is 8.00. The minimum absolute atomic E-state index is 0.0482. The molecular weight excluding hydrogens is 396 g/mol. The molecule has 7 heteroatoms. The van der Waals surface area contributed by atoms with E-state index in [9.17, 15) is 5.11 Å². The molecule has 156 valence electrons. The summed E-state index contributed by atoms with van der Waals surface area (Å²) in [7, 11) is 1.65. The number of aliphatic hydroxyl groups is 1. The molecule has 1 saturated carbocycles. The monoisotopic (exact) mass is 422 g/mol. The molecule has 0 saturated heterocycles. The zero-order valence-electron chi connectivity index (χ0n) is 17.3. The van der Waals surface area contributed by atoms with Gasteiger partial charge >= 0.3 is 0 Å². The van der Waals surface area contributed by atoms with Gasteiger partial charge in [-0.3, -0.25) is 0 Å². The Morgan fingerprint density at radius 1 is 1.17 bits per heavy atom. The zero-order chi connectivity index (χ0) is 20.8. The molecule has 1 unspecified atom stereocenters. The van der Waals surface area contributed by atoms with E-state index in [1.165, 1.54) is 5.56 Å². The minimum Gasteiger partial charge on any atom is -0.481 e. The van der Waals surface area contributed by atoms with Crippen molar-refractivity contribution in [2.24, 2.45) is 0 Å². The van der Waals surface area contributed by atoms with Gasteiger partial charge in [0.15, 0.2) is 0 Å². The van der Waals surface area contributed by atoms with Crippen LogP contribution in [-0.4, -0.2) is 49.1 Å². The number of hydrogen-bond donors (Lipinski definition) is 1. The normalized spacial score (nSPS) is 22.2. The van der Waals surface area contributed by atoms with Crippen molar-refractivity contribution in [1.82, 2.24) is 19.7 Å². The summed E-state index contributed by atoms with van der Waals surface area (Å²) in [5.74, 6) is 3.67. The second-order valence-corrected chi connectivity index (χ2v) is 10.1. The number of nitrogens with zero attached hydrogens (tertiary/aromatic N) is 4. The Bertz CT molecular complexity index is 1060. The van der Waals surface area contributed by atoms with Crippen molar-refractivity contribution < 1.29 is 9.84 Å². The molecule has 1 aromatic carbocycles. The van der Waals surface area contributed by atoms with Crippen LogP contribution in [-0.2, 0) is 18.4 Å². The van der Waals surface area contributed by atoms with Crippen LogP contribution in [0.15, 0.2) is 42.6 Å². The molecule has 0 bridgehead atoms. The molecule has 0 radical (unpaired) electrons. The number of pyridine rings is 1. The zero-order valence-corrected chi connectivity index (χ0v) is 18.2. The molecule has 3 aromatic rings. The first-order valence-corrected chi connectivity index (χ1v) is 11.3. The lowest BCUT2D eigenvalue weighted by atomic mass is 9.93. The number of thioether (sulfide) groups is 1. The molecule has 3 heterocycles. The first-order valence-electron chi connectivity index (χ1n) is 10.4. The average Bonchev–Trinajstić information content (AvgIpc) is 3.53. The first kappa shape index (κ1) is 19.6. The van der Waals surface area contributed by atoms with E-state index in [1.807, 2.05) is 23.9 Å². The number of methoxy groups -OCH3 is 1. The van der Waals surface area contributed by atoms with Crippen LogP contribution in [0, 0.1) is 0 Å². The summed E-state index contributed by atoms with van der Waals surface area (Å²) >= 11 is 1.83. The minimum atomic E-state index is -0.181. The van der Waals surface area contributed by atoms with Crippen molar-refractivity contribution in [2.45, 2.75) is 42.9 Å². The predicted octanol–water partition coefficient (Wildman–Crippen LogP) is 3.47. The lowest BCUT2D eigenvalue weighted by molar-refractivity contribution is 0.254. The maximum atomic E-state index is 9.82. The van der Waals surface area contributed by atoms with Crippen molar-refractivity contribution in [3.8, 4) is 17.0 Å². The number of aromatic nitrogens is 4. The van der Waals surface area contributed by atoms with Crippen LogP contribution in [0.25, 0.3) is 11.1 Å². The van der Waals surface area contributed by atoms with Crippen LogP contribution >= 0.6 is 11.8 Å². The molecule has 1 aliphatic carbocycles. The fourth-order valence-corrected chi connectivity index (χ4v) is 5.52. The standard InChI is InChI=1S/C23H26N4O2S/c1-22(15-28)14-19-25-26-21(27(19)12-13-30-22)23(9-10-23)17-7-5-16(6-8-17)18-4-3-11-24-20(18)29-2/h3-8,11,28H,9-10,12-15H2,1-2H3. The van der Waals surface area contributed by atoms with Crippen LogP contribution in [0.1, 0.15) is 37.0 Å². The van der Waals surface area contributed by atoms with Crippen LogP contribution in [0.3, 0.4) is 0 Å². The Balaban J connectivity index is 1.48. The van der Waals surface area contributed by atoms with Crippen LogP contribution in [0.2, 0.25) is 0 Å². The van der Waals surface area contributed by atoms with Gasteiger partial charge in [0.2, 0.25) is 5.88 Å². The van der Waals surface area contributed by atoms with Crippen LogP contribution < -0.4 is 4.74 Å². The summed E-state index contributed by atoms with van der Waals surface area (Å²) in [6.07, 6.45) is 4.67. The summed E-state index contributed by atoms with van der Waals surface area (Å²) in [4.78, 5) is 4.31. The Morgan fingerprint density at radius 2 is 1.97 bits per heavy atom. The van der Waals surface area contributed by atoms with Gasteiger partial charge in [-0.15, -0.1) is 10.2 Å². The molecule has 1 aliphatic heterocycles. The number of aliphatic hydroxyl groups excluding tert-OH is 1. The molecule has 0 amide bonds. The van der Waals surface area contributed by atoms with Gasteiger partial charge in [0.1, 0.15) is 11.6 Å². The number of rotatable bonds is 5. The molecule has 1 atom stereocenters. The molecule has 30 heavy (non-hydrogen) atoms. The van der Waals surface area contributed by atoms with E-state index >= 15 is 0 Å². The fourth-order valence-electron chi connectivity index (χ4n) is 4.43. The third kappa shape index (κ3) is 3.20. The topological polar surface area (TPSA) is 73.1 Å². The third-order valence-corrected chi connectivity index (χ3v) is 7.71. The predicted molar refractivity (Wildman–Crippen MR) is 118 cm³/mol. The van der Waals surface area contributed by atoms with Gasteiger partial charge in [0.25, 0.3) is 0 Å². The highest BCUT2D eigenvalue weighted by atomic mass is 32.2. The van der Waals surface area contributed by atoms with E-state index in [0.29, 0.717) is 5.88 Å². The molecule has 1 fully saturated rings. The quantitative estimate of drug-likeness (QED) is 0.679. The summed E-state index contributed by atoms with van der Waals surface area (Å²) in [6.45, 7) is 3.16. The van der Waals surface area contributed by atoms with E-state index < -0.39 is 0 Å². The molecule has 6 nitrogen and oxygen atoms in total. The van der Waals surface area contributed by atoms with E-state index in [2.05, 4.69) is 50.9 Å². The van der Waals surface area contributed by atoms with Crippen molar-refractivity contribution in [3.05, 3.63) is 59.8 Å². The van der Waals surface area contributed by atoms with Crippen LogP contribution in [0.4, 0.5) is 0 Å². The molecule has 2 aliphatic rings. The van der Waals surface area contributed by atoms with Crippen LogP contribution in [0.5, 0.6) is 5.88 Å². The van der Waals surface area contributed by atoms with E-state index in [-0.39, 0.29) is 16.8 Å². The Kier molecular flexibility index (Phi) is 4.82. The van der Waals surface area contributed by atoms with Gasteiger partial charge in [0, 0.05) is 35.2 Å². The lowest BCUT2D eigenvalue weighted by Gasteiger charge is -2.23. The molecular formula is C23H26N4O2S. The van der Waals surface area contributed by atoms with E-state index in [0.717, 1.165) is 54.3 Å². The summed E-state index contributed by atoms with van der Waals surface area (Å²) in [6, 6.07) is 12.7. The summed E-state index contributed by atoms with van der Waals surface area (Å²) < 4.78 is 7.54. The van der Waals surface area contributed by atoms with Gasteiger partial charge in [0.05, 0.1) is 19.1 Å². The number of hydrogen-bond acceptors (Lipinski definition) is 6. The summed E-state index contributed by atoms with van der Waals surface area (Å²) in [5, 5.41) is 19.0. The molecule has 2 aromatic heterocycles. The van der Waals surface area contributed by atoms with Crippen molar-refractivity contribution >= 4 is 11.8 Å². The van der Waals surface area contributed by atoms with E-state index in [4.69, 9.17) is 4.74 Å². The first-order chi connectivity index (χ1) is 14.6. The van der Waals surface area contributed by atoms with Crippen molar-refractivity contribution in [3.63, 3.8) is 0 Å². The maximum Gasteiger partial charge on any atom is 0.221 e. The summed E-state index contributed by atoms with van der Waals surface area (Å²) in [5.41, 5.74) is 3.32. The SMILES string of the molecule is COc1ncccc1-c1ccc(C2(c3nnc4n3CCSC(C)(CO)C4)CC2)cc1. The van der Waals surface area contributed by atoms with E-state index in [1.54, 1.807) is 13.3 Å². The largest absolute Gasteiger partial charge is 0.481 e. The Labute approximate surface area is 180 Å². The lowest BCUT2D eigenvalue weighted by Crippen LogP contribution is -2.28. The molecule has 0 spiro atoms. The molecule has 5 rings (SSSR count). The Hall–Kier alpha value is -2.38. The third-order valence-electron chi connectivity index (χ3n) is 6.35. The smallest absolute Gasteiger partial charge is 0.221 e. The van der Waals surface area contributed by atoms with Crippen molar-refractivity contribution in [2.75, 3.05) is 19.5 Å². The maximum absolute atomic E-state index is 9.82. The van der Waals surface area contributed by atoms with Gasteiger partial charge in [-0.2, -0.15) is 11.8 Å². The van der Waals surface area contributed by atoms with Crippen molar-refractivity contribution in [1.29, 1.82) is 0 Å². The van der Waals surface area contributed by atoms with Gasteiger partial charge in [-0.25, -0.2) is 4.98 Å². The van der Waals surface area contributed by atoms with Gasteiger partial charge in [-0.05, 0) is 43.0 Å². The highest BCUT2D eigenvalue weighted by Crippen LogP contribution is 2.53. The Morgan fingerprint density at radius 3 is 2.67 bits per heavy atom. The number of fused-ring (bicyclic) bond motifs is 1. The van der Waals surface area contributed by atoms with Gasteiger partial charge < -0.3 is 14.4 Å². The second-order valence-electron chi connectivity index (χ2n) is 8.44. The fraction of sp³-hybridized carbons (Fsp3) is 0.435. The number of benzene rings is 1. The highest BCUT2D eigenvalue weighted by Gasteiger charge is 2.50. The second kappa shape index (κ2) is 7.39. The average molecular weight is 423 g/mol. The van der Waals surface area contributed by atoms with Gasteiger partial charge in [-0.1, -0.05) is 24.3 Å². The number of ether oxygens (including phenoxy) is 1.